The van der Waals surface area contributed by atoms with Gasteiger partial charge in [-0.25, -0.2) is 13.2 Å². The van der Waals surface area contributed by atoms with Gasteiger partial charge in [0.1, 0.15) is 0 Å². The van der Waals surface area contributed by atoms with Gasteiger partial charge in [-0.2, -0.15) is 0 Å². The van der Waals surface area contributed by atoms with Gasteiger partial charge in [-0.1, -0.05) is 30.3 Å². The SMILES string of the molecule is Nc1ccc(C(=O)N2CC(c3ccccc3)(S(=O)(=O)c3ccc4c(c3)CCN4)NC2=O)cc1. The monoisotopic (exact) mass is 462 g/mol. The van der Waals surface area contributed by atoms with Gasteiger partial charge in [0, 0.05) is 23.5 Å². The molecule has 3 amide bonds. The number of nitrogen functional groups attached to an aromatic ring is 1. The van der Waals surface area contributed by atoms with Crippen LogP contribution < -0.4 is 16.4 Å². The van der Waals surface area contributed by atoms with Crippen molar-refractivity contribution in [1.82, 2.24) is 10.2 Å². The Morgan fingerprint density at radius 2 is 1.73 bits per heavy atom. The number of imide groups is 1. The summed E-state index contributed by atoms with van der Waals surface area (Å²) >= 11 is 0. The zero-order valence-corrected chi connectivity index (χ0v) is 18.4. The third kappa shape index (κ3) is 3.32. The molecule has 2 aliphatic heterocycles. The minimum Gasteiger partial charge on any atom is -0.399 e. The molecule has 1 fully saturated rings. The second-order valence-electron chi connectivity index (χ2n) is 8.14. The third-order valence-corrected chi connectivity index (χ3v) is 8.39. The predicted molar refractivity (Wildman–Crippen MR) is 124 cm³/mol. The number of urea groups is 1. The average molecular weight is 463 g/mol. The second kappa shape index (κ2) is 7.63. The lowest BCUT2D eigenvalue weighted by Crippen LogP contribution is -2.47. The van der Waals surface area contributed by atoms with Crippen molar-refractivity contribution >= 4 is 33.2 Å². The van der Waals surface area contributed by atoms with Gasteiger partial charge < -0.3 is 16.4 Å². The normalized spacial score (nSPS) is 19.6. The van der Waals surface area contributed by atoms with E-state index in [1.807, 2.05) is 0 Å². The molecule has 5 rings (SSSR count). The molecule has 9 heteroatoms. The van der Waals surface area contributed by atoms with E-state index in [1.54, 1.807) is 54.6 Å². The van der Waals surface area contributed by atoms with Crippen LogP contribution in [0.15, 0.2) is 77.7 Å². The molecule has 1 unspecified atom stereocenters. The van der Waals surface area contributed by atoms with Crippen molar-refractivity contribution in [2.45, 2.75) is 16.2 Å². The summed E-state index contributed by atoms with van der Waals surface area (Å²) in [5.74, 6) is -0.598. The van der Waals surface area contributed by atoms with Crippen LogP contribution in [-0.4, -0.2) is 38.3 Å². The van der Waals surface area contributed by atoms with Crippen molar-refractivity contribution in [2.75, 3.05) is 24.1 Å². The minimum absolute atomic E-state index is 0.0934. The van der Waals surface area contributed by atoms with Crippen molar-refractivity contribution in [1.29, 1.82) is 0 Å². The summed E-state index contributed by atoms with van der Waals surface area (Å²) in [5.41, 5.74) is 8.60. The fraction of sp³-hybridized carbons (Fsp3) is 0.167. The number of hydrogen-bond acceptors (Lipinski definition) is 6. The van der Waals surface area contributed by atoms with Crippen molar-refractivity contribution in [3.63, 3.8) is 0 Å². The number of rotatable bonds is 4. The number of carbonyl (C=O) groups is 2. The molecular formula is C24H22N4O4S. The van der Waals surface area contributed by atoms with E-state index in [4.69, 9.17) is 5.73 Å². The van der Waals surface area contributed by atoms with E-state index in [1.165, 1.54) is 18.2 Å². The molecule has 168 valence electrons. The number of carbonyl (C=O) groups excluding carboxylic acids is 2. The standard InChI is InChI=1S/C24H22N4O4S/c25-19-8-6-16(7-9-19)22(29)28-15-24(27-23(28)30,18-4-2-1-3-5-18)33(31,32)20-10-11-21-17(14-20)12-13-26-21/h1-11,14,26H,12-13,15,25H2,(H,27,30). The van der Waals surface area contributed by atoms with Crippen LogP contribution in [0.3, 0.4) is 0 Å². The molecule has 0 aromatic heterocycles. The van der Waals surface area contributed by atoms with Gasteiger partial charge in [-0.3, -0.25) is 9.69 Å². The molecule has 1 atom stereocenters. The van der Waals surface area contributed by atoms with Gasteiger partial charge in [0.2, 0.25) is 9.84 Å². The molecule has 8 nitrogen and oxygen atoms in total. The van der Waals surface area contributed by atoms with Crippen molar-refractivity contribution < 1.29 is 18.0 Å². The van der Waals surface area contributed by atoms with Crippen LogP contribution >= 0.6 is 0 Å². The summed E-state index contributed by atoms with van der Waals surface area (Å²) < 4.78 is 28.1. The van der Waals surface area contributed by atoms with Gasteiger partial charge in [0.05, 0.1) is 11.4 Å². The Bertz CT molecular complexity index is 1360. The van der Waals surface area contributed by atoms with Crippen LogP contribution in [0, 0.1) is 0 Å². The van der Waals surface area contributed by atoms with Crippen LogP contribution in [0.25, 0.3) is 0 Å². The molecule has 4 N–H and O–H groups in total. The molecule has 2 aliphatic rings. The lowest BCUT2D eigenvalue weighted by molar-refractivity contribution is 0.0823. The number of nitrogens with zero attached hydrogens (tertiary/aromatic N) is 1. The highest BCUT2D eigenvalue weighted by Gasteiger charge is 2.56. The fourth-order valence-corrected chi connectivity index (χ4v) is 6.26. The van der Waals surface area contributed by atoms with E-state index in [2.05, 4.69) is 10.6 Å². The van der Waals surface area contributed by atoms with E-state index in [0.717, 1.165) is 22.7 Å². The number of nitrogens with two attached hydrogens (primary N) is 1. The van der Waals surface area contributed by atoms with E-state index >= 15 is 0 Å². The molecular weight excluding hydrogens is 440 g/mol. The van der Waals surface area contributed by atoms with Crippen LogP contribution in [0.1, 0.15) is 21.5 Å². The summed E-state index contributed by atoms with van der Waals surface area (Å²) in [6.07, 6.45) is 0.713. The quantitative estimate of drug-likeness (QED) is 0.513. The van der Waals surface area contributed by atoms with Gasteiger partial charge in [-0.05, 0) is 60.0 Å². The number of fused-ring (bicyclic) bond motifs is 1. The molecule has 0 bridgehead atoms. The highest BCUT2D eigenvalue weighted by atomic mass is 32.2. The van der Waals surface area contributed by atoms with Crippen molar-refractivity contribution in [3.05, 3.63) is 89.5 Å². The predicted octanol–water partition coefficient (Wildman–Crippen LogP) is 2.73. The first kappa shape index (κ1) is 21.0. The fourth-order valence-electron chi connectivity index (χ4n) is 4.35. The van der Waals surface area contributed by atoms with E-state index in [9.17, 15) is 18.0 Å². The number of sulfone groups is 1. The summed E-state index contributed by atoms with van der Waals surface area (Å²) in [5, 5.41) is 5.85. The maximum absolute atomic E-state index is 14.1. The first-order chi connectivity index (χ1) is 15.8. The molecule has 33 heavy (non-hydrogen) atoms. The highest BCUT2D eigenvalue weighted by Crippen LogP contribution is 2.39. The Morgan fingerprint density at radius 3 is 2.45 bits per heavy atom. The molecule has 0 spiro atoms. The smallest absolute Gasteiger partial charge is 0.326 e. The first-order valence-electron chi connectivity index (χ1n) is 10.5. The molecule has 0 saturated carbocycles. The number of hydrogen-bond donors (Lipinski definition) is 3. The number of nitrogens with one attached hydrogen (secondary N) is 2. The van der Waals surface area contributed by atoms with Crippen LogP contribution in [0.4, 0.5) is 16.2 Å². The summed E-state index contributed by atoms with van der Waals surface area (Å²) in [6, 6.07) is 18.7. The van der Waals surface area contributed by atoms with E-state index in [0.29, 0.717) is 17.7 Å². The van der Waals surface area contributed by atoms with Gasteiger partial charge in [0.25, 0.3) is 5.91 Å². The summed E-state index contributed by atoms with van der Waals surface area (Å²) in [6.45, 7) is 0.375. The maximum atomic E-state index is 14.1. The number of benzene rings is 3. The summed E-state index contributed by atoms with van der Waals surface area (Å²) in [7, 11) is -4.14. The van der Waals surface area contributed by atoms with E-state index < -0.39 is 26.6 Å². The Morgan fingerprint density at radius 1 is 1.00 bits per heavy atom. The van der Waals surface area contributed by atoms with Crippen LogP contribution in [-0.2, 0) is 21.1 Å². The molecule has 3 aromatic carbocycles. The second-order valence-corrected chi connectivity index (χ2v) is 10.3. The van der Waals surface area contributed by atoms with Crippen LogP contribution in [0.5, 0.6) is 0 Å². The van der Waals surface area contributed by atoms with Gasteiger partial charge in [-0.15, -0.1) is 0 Å². The Hall–Kier alpha value is -3.85. The zero-order valence-electron chi connectivity index (χ0n) is 17.6. The lowest BCUT2D eigenvalue weighted by atomic mass is 10.1. The Balaban J connectivity index is 1.61. The molecule has 3 aromatic rings. The topological polar surface area (TPSA) is 122 Å². The lowest BCUT2D eigenvalue weighted by Gasteiger charge is -2.29. The maximum Gasteiger partial charge on any atom is 0.326 e. The third-order valence-electron chi connectivity index (χ3n) is 6.13. The van der Waals surface area contributed by atoms with E-state index in [-0.39, 0.29) is 17.0 Å². The number of amides is 3. The molecule has 0 radical (unpaired) electrons. The largest absolute Gasteiger partial charge is 0.399 e. The Labute approximate surface area is 191 Å². The highest BCUT2D eigenvalue weighted by molar-refractivity contribution is 7.92. The van der Waals surface area contributed by atoms with Gasteiger partial charge in [0.15, 0.2) is 4.87 Å². The first-order valence-corrected chi connectivity index (χ1v) is 12.0. The van der Waals surface area contributed by atoms with Crippen molar-refractivity contribution in [3.8, 4) is 0 Å². The van der Waals surface area contributed by atoms with Gasteiger partial charge >= 0.3 is 6.03 Å². The minimum atomic E-state index is -4.14. The molecule has 1 saturated heterocycles. The van der Waals surface area contributed by atoms with Crippen molar-refractivity contribution in [2.24, 2.45) is 0 Å². The molecule has 2 heterocycles. The average Bonchev–Trinajstić information content (AvgIpc) is 3.44. The Kier molecular flexibility index (Phi) is 4.86. The van der Waals surface area contributed by atoms with Crippen LogP contribution in [0.2, 0.25) is 0 Å². The summed E-state index contributed by atoms with van der Waals surface area (Å²) in [4.78, 5) is 25.3. The zero-order chi connectivity index (χ0) is 23.2. The number of anilines is 2. The molecule has 0 aliphatic carbocycles.